The summed E-state index contributed by atoms with van der Waals surface area (Å²) in [7, 11) is 0. The van der Waals surface area contributed by atoms with Crippen molar-refractivity contribution in [3.63, 3.8) is 0 Å². The Morgan fingerprint density at radius 1 is 1.13 bits per heavy atom. The van der Waals surface area contributed by atoms with E-state index in [1.165, 1.54) is 4.68 Å². The molecule has 0 saturated heterocycles. The molecule has 0 aliphatic carbocycles. The summed E-state index contributed by atoms with van der Waals surface area (Å²) in [6.45, 7) is 0.107. The minimum atomic E-state index is -0.967. The van der Waals surface area contributed by atoms with Crippen molar-refractivity contribution in [2.75, 3.05) is 5.73 Å². The Morgan fingerprint density at radius 3 is 2.77 bits per heavy atom. The van der Waals surface area contributed by atoms with Gasteiger partial charge in [-0.3, -0.25) is 9.48 Å². The zero-order chi connectivity index (χ0) is 21.1. The number of carboxylic acids is 1. The number of nitrogens with two attached hydrogens (primary N) is 1. The van der Waals surface area contributed by atoms with Crippen molar-refractivity contribution in [3.05, 3.63) is 60.0 Å². The largest absolute Gasteiger partial charge is 0.480 e. The molecule has 0 unspecified atom stereocenters. The molecule has 0 atom stereocenters. The zero-order valence-electron chi connectivity index (χ0n) is 15.5. The van der Waals surface area contributed by atoms with Gasteiger partial charge < -0.3 is 10.8 Å². The van der Waals surface area contributed by atoms with Crippen molar-refractivity contribution >= 4 is 11.9 Å². The average molecular weight is 401 g/mol. The van der Waals surface area contributed by atoms with Crippen molar-refractivity contribution in [2.24, 2.45) is 0 Å². The third kappa shape index (κ3) is 4.12. The predicted molar refractivity (Wildman–Crippen MR) is 105 cm³/mol. The lowest BCUT2D eigenvalue weighted by atomic mass is 10.1. The number of aromatic nitrogens is 7. The molecule has 3 heterocycles. The molecule has 4 rings (SSSR count). The summed E-state index contributed by atoms with van der Waals surface area (Å²) in [6.07, 6.45) is 3.28. The minimum absolute atomic E-state index is 0.0758. The summed E-state index contributed by atoms with van der Waals surface area (Å²) >= 11 is 0. The highest BCUT2D eigenvalue weighted by molar-refractivity contribution is 5.68. The molecule has 0 amide bonds. The van der Waals surface area contributed by atoms with Crippen molar-refractivity contribution in [1.29, 1.82) is 5.26 Å². The maximum Gasteiger partial charge on any atom is 0.325 e. The molecule has 0 radical (unpaired) electrons. The van der Waals surface area contributed by atoms with Crippen LogP contribution in [0.1, 0.15) is 11.3 Å². The van der Waals surface area contributed by atoms with Crippen molar-refractivity contribution in [1.82, 2.24) is 34.7 Å². The number of anilines is 1. The van der Waals surface area contributed by atoms with Gasteiger partial charge in [-0.15, -0.1) is 5.10 Å². The fourth-order valence-electron chi connectivity index (χ4n) is 2.87. The van der Waals surface area contributed by atoms with Crippen molar-refractivity contribution < 1.29 is 9.90 Å². The molecule has 3 N–H and O–H groups in total. The Labute approximate surface area is 170 Å². The molecule has 0 aliphatic rings. The Bertz CT molecular complexity index is 1270. The minimum Gasteiger partial charge on any atom is -0.480 e. The van der Waals surface area contributed by atoms with Crippen LogP contribution in [0.3, 0.4) is 0 Å². The van der Waals surface area contributed by atoms with Crippen LogP contribution in [0.2, 0.25) is 0 Å². The molecular weight excluding hydrogens is 386 g/mol. The number of hydrogen-bond acceptors (Lipinski definition) is 8. The molecule has 11 nitrogen and oxygen atoms in total. The van der Waals surface area contributed by atoms with Gasteiger partial charge in [0.15, 0.2) is 0 Å². The Hall–Kier alpha value is -4.59. The summed E-state index contributed by atoms with van der Waals surface area (Å²) in [5, 5.41) is 30.3. The molecule has 1 aromatic carbocycles. The van der Waals surface area contributed by atoms with E-state index in [-0.39, 0.29) is 12.5 Å². The molecule has 4 aromatic rings. The van der Waals surface area contributed by atoms with Gasteiger partial charge in [0, 0.05) is 11.8 Å². The molecule has 0 bridgehead atoms. The number of nitriles is 1. The van der Waals surface area contributed by atoms with Gasteiger partial charge in [0.1, 0.15) is 12.2 Å². The molecule has 0 saturated carbocycles. The molecule has 148 valence electrons. The van der Waals surface area contributed by atoms with E-state index in [1.807, 2.05) is 6.07 Å². The van der Waals surface area contributed by atoms with Gasteiger partial charge in [0.05, 0.1) is 41.5 Å². The molecule has 3 aromatic heterocycles. The first kappa shape index (κ1) is 18.8. The summed E-state index contributed by atoms with van der Waals surface area (Å²) in [6, 6.07) is 12.6. The van der Waals surface area contributed by atoms with E-state index in [0.717, 1.165) is 5.56 Å². The highest BCUT2D eigenvalue weighted by atomic mass is 16.4. The summed E-state index contributed by atoms with van der Waals surface area (Å²) < 4.78 is 2.90. The number of carboxylic acid groups (broad SMARTS) is 1. The quantitative estimate of drug-likeness (QED) is 0.483. The number of hydrogen-bond donors (Lipinski definition) is 2. The topological polar surface area (TPSA) is 161 Å². The maximum atomic E-state index is 10.8. The summed E-state index contributed by atoms with van der Waals surface area (Å²) in [4.78, 5) is 19.2. The van der Waals surface area contributed by atoms with Gasteiger partial charge in [-0.25, -0.2) is 14.6 Å². The van der Waals surface area contributed by atoms with Crippen LogP contribution in [0.15, 0.2) is 48.8 Å². The van der Waals surface area contributed by atoms with E-state index < -0.39 is 5.97 Å². The lowest BCUT2D eigenvalue weighted by Crippen LogP contribution is -2.10. The second-order valence-electron chi connectivity index (χ2n) is 6.39. The first-order chi connectivity index (χ1) is 14.5. The standard InChI is InChI=1S/C19H15N9O2/c20-8-12-2-1-3-13(6-12)15-7-16(23-19(21)22-15)17-10-28(26-24-17)9-14-4-5-27(25-14)11-18(29)30/h1-7,10H,9,11H2,(H,29,30)(H2,21,22,23). The fraction of sp³-hybridized carbons (Fsp3) is 0.105. The van der Waals surface area contributed by atoms with Gasteiger partial charge in [0.25, 0.3) is 0 Å². The number of benzene rings is 1. The van der Waals surface area contributed by atoms with E-state index in [9.17, 15) is 4.79 Å². The van der Waals surface area contributed by atoms with Crippen molar-refractivity contribution in [2.45, 2.75) is 13.1 Å². The van der Waals surface area contributed by atoms with Crippen LogP contribution in [0, 0.1) is 11.3 Å². The Kier molecular flexibility index (Phi) is 4.88. The number of rotatable bonds is 6. The Morgan fingerprint density at radius 2 is 1.97 bits per heavy atom. The molecule has 30 heavy (non-hydrogen) atoms. The van der Waals surface area contributed by atoms with Crippen LogP contribution in [0.25, 0.3) is 22.6 Å². The first-order valence-corrected chi connectivity index (χ1v) is 8.80. The average Bonchev–Trinajstić information content (AvgIpc) is 3.37. The van der Waals surface area contributed by atoms with Crippen LogP contribution in [0.5, 0.6) is 0 Å². The summed E-state index contributed by atoms with van der Waals surface area (Å²) in [5.41, 5.74) is 9.31. The molecule has 0 fully saturated rings. The SMILES string of the molecule is N#Cc1cccc(-c2cc(-c3cn(Cc4ccn(CC(=O)O)n4)nn3)nc(N)n2)c1. The molecular formula is C19H15N9O2. The molecule has 0 spiro atoms. The predicted octanol–water partition coefficient (Wildman–Crippen LogP) is 1.19. The zero-order valence-corrected chi connectivity index (χ0v) is 15.5. The number of nitrogen functional groups attached to an aromatic ring is 1. The van der Waals surface area contributed by atoms with Crippen LogP contribution in [-0.2, 0) is 17.9 Å². The fourth-order valence-corrected chi connectivity index (χ4v) is 2.87. The van der Waals surface area contributed by atoms with Crippen LogP contribution >= 0.6 is 0 Å². The van der Waals surface area contributed by atoms with Crippen LogP contribution < -0.4 is 5.73 Å². The van der Waals surface area contributed by atoms with E-state index in [1.54, 1.807) is 47.4 Å². The Balaban J connectivity index is 1.58. The van der Waals surface area contributed by atoms with Crippen molar-refractivity contribution in [3.8, 4) is 28.7 Å². The number of nitrogens with zero attached hydrogens (tertiary/aromatic N) is 8. The third-order valence-corrected chi connectivity index (χ3v) is 4.15. The lowest BCUT2D eigenvalue weighted by Gasteiger charge is -2.04. The highest BCUT2D eigenvalue weighted by Crippen LogP contribution is 2.24. The van der Waals surface area contributed by atoms with Gasteiger partial charge in [0.2, 0.25) is 5.95 Å². The smallest absolute Gasteiger partial charge is 0.325 e. The van der Waals surface area contributed by atoms with Gasteiger partial charge in [-0.1, -0.05) is 17.3 Å². The second kappa shape index (κ2) is 7.80. The molecule has 0 aliphatic heterocycles. The molecule has 11 heteroatoms. The second-order valence-corrected chi connectivity index (χ2v) is 6.39. The van der Waals surface area contributed by atoms with E-state index in [0.29, 0.717) is 34.9 Å². The van der Waals surface area contributed by atoms with Gasteiger partial charge in [-0.05, 0) is 24.3 Å². The monoisotopic (exact) mass is 401 g/mol. The lowest BCUT2D eigenvalue weighted by molar-refractivity contribution is -0.137. The first-order valence-electron chi connectivity index (χ1n) is 8.80. The van der Waals surface area contributed by atoms with Gasteiger partial charge in [-0.2, -0.15) is 10.4 Å². The van der Waals surface area contributed by atoms with E-state index in [4.69, 9.17) is 16.1 Å². The third-order valence-electron chi connectivity index (χ3n) is 4.15. The summed E-state index contributed by atoms with van der Waals surface area (Å²) in [5.74, 6) is -0.892. The number of carbonyl (C=O) groups is 1. The van der Waals surface area contributed by atoms with Crippen LogP contribution in [0.4, 0.5) is 5.95 Å². The van der Waals surface area contributed by atoms with Gasteiger partial charge >= 0.3 is 5.97 Å². The van der Waals surface area contributed by atoms with E-state index in [2.05, 4.69) is 31.4 Å². The maximum absolute atomic E-state index is 10.8. The van der Waals surface area contributed by atoms with Crippen LogP contribution in [-0.4, -0.2) is 45.8 Å². The normalized spacial score (nSPS) is 10.6. The highest BCUT2D eigenvalue weighted by Gasteiger charge is 2.12. The number of aliphatic carboxylic acids is 1. The van der Waals surface area contributed by atoms with E-state index >= 15 is 0 Å².